The molecule has 182 valence electrons. The van der Waals surface area contributed by atoms with Crippen molar-refractivity contribution in [2.75, 3.05) is 19.5 Å². The van der Waals surface area contributed by atoms with Crippen molar-refractivity contribution in [1.82, 2.24) is 20.2 Å². The molecule has 1 aliphatic rings. The van der Waals surface area contributed by atoms with Gasteiger partial charge in [-0.3, -0.25) is 15.0 Å². The van der Waals surface area contributed by atoms with Crippen LogP contribution in [0.5, 0.6) is 5.75 Å². The van der Waals surface area contributed by atoms with Crippen molar-refractivity contribution in [3.63, 3.8) is 0 Å². The Morgan fingerprint density at radius 2 is 1.86 bits per heavy atom. The van der Waals surface area contributed by atoms with E-state index in [2.05, 4.69) is 15.8 Å². The van der Waals surface area contributed by atoms with Crippen LogP contribution in [0, 0.1) is 6.92 Å². The monoisotopic (exact) mass is 481 g/mol. The molecule has 1 aliphatic heterocycles. The second-order valence-corrected chi connectivity index (χ2v) is 8.77. The van der Waals surface area contributed by atoms with Crippen LogP contribution in [0.4, 0.5) is 5.69 Å². The van der Waals surface area contributed by atoms with Gasteiger partial charge in [-0.25, -0.2) is 9.69 Å². The van der Waals surface area contributed by atoms with E-state index in [0.29, 0.717) is 23.2 Å². The molecule has 36 heavy (non-hydrogen) atoms. The standard InChI is InChI=1S/C28H27N5O3/c1-18-25(17-29-33(18)21-11-13-22(36-3)14-12-21)27(34)30-20-8-6-7-19(15-20)16-26-23-9-4-5-10-24(23)28(35)31-32(26)2/h4-15,17,26H,16H2,1-3H3,(H,30,34)(H,31,35). The van der Waals surface area contributed by atoms with Crippen LogP contribution in [0.3, 0.4) is 0 Å². The van der Waals surface area contributed by atoms with Crippen molar-refractivity contribution < 1.29 is 14.3 Å². The Labute approximate surface area is 209 Å². The number of nitrogens with one attached hydrogen (secondary N) is 2. The average molecular weight is 482 g/mol. The van der Waals surface area contributed by atoms with Crippen molar-refractivity contribution in [3.05, 3.63) is 107 Å². The number of nitrogens with zero attached hydrogens (tertiary/aromatic N) is 3. The highest BCUT2D eigenvalue weighted by molar-refractivity contribution is 6.05. The van der Waals surface area contributed by atoms with Gasteiger partial charge in [-0.2, -0.15) is 5.10 Å². The van der Waals surface area contributed by atoms with Crippen molar-refractivity contribution >= 4 is 17.5 Å². The summed E-state index contributed by atoms with van der Waals surface area (Å²) in [4.78, 5) is 25.4. The number of carbonyl (C=O) groups is 2. The van der Waals surface area contributed by atoms with Gasteiger partial charge in [0, 0.05) is 18.3 Å². The number of hydrazine groups is 1. The number of hydrogen-bond acceptors (Lipinski definition) is 5. The molecule has 0 saturated carbocycles. The molecule has 2 N–H and O–H groups in total. The second-order valence-electron chi connectivity index (χ2n) is 8.77. The molecule has 2 heterocycles. The van der Waals surface area contributed by atoms with E-state index in [1.807, 2.05) is 91.8 Å². The molecule has 4 aromatic rings. The zero-order chi connectivity index (χ0) is 25.2. The third-order valence-electron chi connectivity index (χ3n) is 6.50. The van der Waals surface area contributed by atoms with Gasteiger partial charge in [0.25, 0.3) is 11.8 Å². The van der Waals surface area contributed by atoms with E-state index in [1.54, 1.807) is 18.0 Å². The zero-order valence-corrected chi connectivity index (χ0v) is 20.4. The fourth-order valence-electron chi connectivity index (χ4n) is 4.56. The number of fused-ring (bicyclic) bond motifs is 1. The minimum atomic E-state index is -0.225. The zero-order valence-electron chi connectivity index (χ0n) is 20.4. The Hall–Kier alpha value is -4.43. The maximum atomic E-state index is 13.1. The Balaban J connectivity index is 1.33. The summed E-state index contributed by atoms with van der Waals surface area (Å²) >= 11 is 0. The van der Waals surface area contributed by atoms with Gasteiger partial charge in [-0.1, -0.05) is 30.3 Å². The SMILES string of the molecule is COc1ccc(-n2ncc(C(=O)Nc3cccc(CC4c5ccccc5C(=O)NN4C)c3)c2C)cc1. The molecule has 1 atom stereocenters. The highest BCUT2D eigenvalue weighted by Gasteiger charge is 2.29. The Bertz CT molecular complexity index is 1430. The van der Waals surface area contributed by atoms with E-state index < -0.39 is 0 Å². The van der Waals surface area contributed by atoms with Crippen LogP contribution in [0.1, 0.15) is 43.6 Å². The molecule has 1 aromatic heterocycles. The van der Waals surface area contributed by atoms with Crippen LogP contribution < -0.4 is 15.5 Å². The van der Waals surface area contributed by atoms with Gasteiger partial charge < -0.3 is 10.1 Å². The van der Waals surface area contributed by atoms with Crippen LogP contribution in [0.25, 0.3) is 5.69 Å². The van der Waals surface area contributed by atoms with Crippen LogP contribution in [-0.2, 0) is 6.42 Å². The van der Waals surface area contributed by atoms with Gasteiger partial charge in [0.1, 0.15) is 5.75 Å². The molecule has 0 spiro atoms. The molecule has 0 saturated heterocycles. The molecule has 0 fully saturated rings. The van der Waals surface area contributed by atoms with Crippen LogP contribution in [-0.4, -0.2) is 40.8 Å². The normalized spacial score (nSPS) is 15.2. The predicted octanol–water partition coefficient (Wildman–Crippen LogP) is 4.32. The lowest BCUT2D eigenvalue weighted by Crippen LogP contribution is -2.47. The summed E-state index contributed by atoms with van der Waals surface area (Å²) < 4.78 is 6.95. The fraction of sp³-hybridized carbons (Fsp3) is 0.179. The van der Waals surface area contributed by atoms with Gasteiger partial charge in [0.15, 0.2) is 0 Å². The van der Waals surface area contributed by atoms with Gasteiger partial charge in [0.2, 0.25) is 0 Å². The molecule has 3 aromatic carbocycles. The first kappa shape index (κ1) is 23.3. The number of anilines is 1. The third-order valence-corrected chi connectivity index (χ3v) is 6.50. The topological polar surface area (TPSA) is 88.5 Å². The second kappa shape index (κ2) is 9.67. The molecule has 0 radical (unpaired) electrons. The van der Waals surface area contributed by atoms with E-state index in [1.165, 1.54) is 0 Å². The first-order valence-corrected chi connectivity index (χ1v) is 11.7. The summed E-state index contributed by atoms with van der Waals surface area (Å²) in [5, 5.41) is 9.25. The first-order valence-electron chi connectivity index (χ1n) is 11.7. The minimum absolute atomic E-state index is 0.0187. The minimum Gasteiger partial charge on any atom is -0.497 e. The summed E-state index contributed by atoms with van der Waals surface area (Å²) in [6.45, 7) is 1.87. The van der Waals surface area contributed by atoms with E-state index in [9.17, 15) is 9.59 Å². The average Bonchev–Trinajstić information content (AvgIpc) is 3.28. The number of benzene rings is 3. The molecule has 8 heteroatoms. The number of aromatic nitrogens is 2. The quantitative estimate of drug-likeness (QED) is 0.428. The summed E-state index contributed by atoms with van der Waals surface area (Å²) in [6, 6.07) is 22.9. The molecular formula is C28H27N5O3. The summed E-state index contributed by atoms with van der Waals surface area (Å²) in [6.07, 6.45) is 2.25. The number of likely N-dealkylation sites (N-methyl/N-ethyl adjacent to an activating group) is 1. The van der Waals surface area contributed by atoms with Crippen LogP contribution in [0.2, 0.25) is 0 Å². The fourth-order valence-corrected chi connectivity index (χ4v) is 4.56. The maximum Gasteiger partial charge on any atom is 0.265 e. The molecular weight excluding hydrogens is 454 g/mol. The maximum absolute atomic E-state index is 13.1. The van der Waals surface area contributed by atoms with Gasteiger partial charge in [-0.05, 0) is 66.9 Å². The summed E-state index contributed by atoms with van der Waals surface area (Å²) in [7, 11) is 3.49. The summed E-state index contributed by atoms with van der Waals surface area (Å²) in [5.74, 6) is 0.430. The number of ether oxygens (including phenoxy) is 1. The Morgan fingerprint density at radius 3 is 2.64 bits per heavy atom. The molecule has 8 nitrogen and oxygen atoms in total. The van der Waals surface area contributed by atoms with Gasteiger partial charge in [-0.15, -0.1) is 0 Å². The van der Waals surface area contributed by atoms with Crippen molar-refractivity contribution in [2.45, 2.75) is 19.4 Å². The van der Waals surface area contributed by atoms with Crippen LogP contribution in [0.15, 0.2) is 79.0 Å². The van der Waals surface area contributed by atoms with Gasteiger partial charge >= 0.3 is 0 Å². The molecule has 5 rings (SSSR count). The first-order chi connectivity index (χ1) is 17.4. The summed E-state index contributed by atoms with van der Waals surface area (Å²) in [5.41, 5.74) is 8.41. The highest BCUT2D eigenvalue weighted by Crippen LogP contribution is 2.30. The largest absolute Gasteiger partial charge is 0.497 e. The van der Waals surface area contributed by atoms with E-state index in [-0.39, 0.29) is 17.9 Å². The lowest BCUT2D eigenvalue weighted by atomic mass is 9.92. The Kier molecular flexibility index (Phi) is 6.26. The molecule has 0 aliphatic carbocycles. The molecule has 0 bridgehead atoms. The van der Waals surface area contributed by atoms with Crippen LogP contribution >= 0.6 is 0 Å². The van der Waals surface area contributed by atoms with Crippen molar-refractivity contribution in [2.24, 2.45) is 0 Å². The van der Waals surface area contributed by atoms with Crippen molar-refractivity contribution in [1.29, 1.82) is 0 Å². The van der Waals surface area contributed by atoms with Crippen molar-refractivity contribution in [3.8, 4) is 11.4 Å². The predicted molar refractivity (Wildman–Crippen MR) is 137 cm³/mol. The third kappa shape index (κ3) is 4.46. The lowest BCUT2D eigenvalue weighted by Gasteiger charge is -2.34. The number of carbonyl (C=O) groups excluding carboxylic acids is 2. The van der Waals surface area contributed by atoms with E-state index >= 15 is 0 Å². The number of amides is 2. The number of hydrogen-bond donors (Lipinski definition) is 2. The van der Waals surface area contributed by atoms with E-state index in [4.69, 9.17) is 4.74 Å². The highest BCUT2D eigenvalue weighted by atomic mass is 16.5. The smallest absolute Gasteiger partial charge is 0.265 e. The van der Waals surface area contributed by atoms with Gasteiger partial charge in [0.05, 0.1) is 36.3 Å². The number of methoxy groups -OCH3 is 1. The molecule has 1 unspecified atom stereocenters. The number of rotatable bonds is 6. The molecule has 2 amide bonds. The van der Waals surface area contributed by atoms with E-state index in [0.717, 1.165) is 28.3 Å². The lowest BCUT2D eigenvalue weighted by molar-refractivity contribution is 0.0704. The Morgan fingerprint density at radius 1 is 1.08 bits per heavy atom.